The van der Waals surface area contributed by atoms with Crippen LogP contribution in [-0.2, 0) is 11.3 Å². The van der Waals surface area contributed by atoms with Gasteiger partial charge in [0, 0.05) is 0 Å². The highest BCUT2D eigenvalue weighted by Crippen LogP contribution is 2.37. The summed E-state index contributed by atoms with van der Waals surface area (Å²) < 4.78 is 19.0. The molecule has 0 aromatic heterocycles. The molecule has 1 saturated heterocycles. The first-order valence-electron chi connectivity index (χ1n) is 8.04. The number of phenolic OH excluding ortho intramolecular Hbond substituents is 1. The van der Waals surface area contributed by atoms with E-state index in [1.165, 1.54) is 12.1 Å². The Morgan fingerprint density at radius 3 is 2.63 bits per heavy atom. The molecule has 5 nitrogen and oxygen atoms in total. The molecule has 0 radical (unpaired) electrons. The van der Waals surface area contributed by atoms with Crippen molar-refractivity contribution in [2.24, 2.45) is 0 Å². The standard InChI is InChI=1S/C19H15FINO4S/c1-2-26-15-8-12(7-14(21)17(15)23)9-16-18(24)22(19(25)27-16)10-11-3-5-13(20)6-4-11/h3-9,23H,2,10H2,1H3. The number of rotatable bonds is 5. The lowest BCUT2D eigenvalue weighted by atomic mass is 10.1. The van der Waals surface area contributed by atoms with Crippen molar-refractivity contribution in [3.8, 4) is 11.5 Å². The highest BCUT2D eigenvalue weighted by atomic mass is 127. The Bertz CT molecular complexity index is 930. The lowest BCUT2D eigenvalue weighted by Gasteiger charge is -2.12. The van der Waals surface area contributed by atoms with Crippen LogP contribution in [0.25, 0.3) is 6.08 Å². The molecule has 8 heteroatoms. The van der Waals surface area contributed by atoms with Gasteiger partial charge in [0.1, 0.15) is 5.82 Å². The summed E-state index contributed by atoms with van der Waals surface area (Å²) >= 11 is 2.82. The third-order valence-corrected chi connectivity index (χ3v) is 5.51. The van der Waals surface area contributed by atoms with Gasteiger partial charge >= 0.3 is 0 Å². The van der Waals surface area contributed by atoms with Crippen LogP contribution in [0.4, 0.5) is 9.18 Å². The summed E-state index contributed by atoms with van der Waals surface area (Å²) in [5, 5.41) is 9.64. The van der Waals surface area contributed by atoms with Crippen LogP contribution in [0.5, 0.6) is 11.5 Å². The van der Waals surface area contributed by atoms with Gasteiger partial charge < -0.3 is 9.84 Å². The van der Waals surface area contributed by atoms with Crippen molar-refractivity contribution in [3.05, 3.63) is 61.8 Å². The van der Waals surface area contributed by atoms with Crippen LogP contribution in [-0.4, -0.2) is 27.8 Å². The second kappa shape index (κ2) is 8.30. The fourth-order valence-electron chi connectivity index (χ4n) is 2.50. The number of phenols is 1. The Morgan fingerprint density at radius 2 is 1.96 bits per heavy atom. The van der Waals surface area contributed by atoms with E-state index >= 15 is 0 Å². The molecule has 0 unspecified atom stereocenters. The van der Waals surface area contributed by atoms with Crippen LogP contribution in [0.3, 0.4) is 0 Å². The first-order chi connectivity index (χ1) is 12.9. The number of imide groups is 1. The molecule has 1 N–H and O–H groups in total. The number of halogens is 2. The van der Waals surface area contributed by atoms with E-state index in [1.807, 2.05) is 22.6 Å². The van der Waals surface area contributed by atoms with Crippen LogP contribution < -0.4 is 4.74 Å². The molecule has 1 heterocycles. The molecule has 1 aliphatic heterocycles. The maximum absolute atomic E-state index is 13.0. The van der Waals surface area contributed by atoms with Crippen LogP contribution in [0.2, 0.25) is 0 Å². The van der Waals surface area contributed by atoms with E-state index < -0.39 is 5.91 Å². The lowest BCUT2D eigenvalue weighted by molar-refractivity contribution is -0.123. The number of hydrogen-bond acceptors (Lipinski definition) is 5. The van der Waals surface area contributed by atoms with E-state index in [4.69, 9.17) is 4.74 Å². The summed E-state index contributed by atoms with van der Waals surface area (Å²) in [5.74, 6) is -0.421. The molecule has 27 heavy (non-hydrogen) atoms. The first-order valence-corrected chi connectivity index (χ1v) is 9.93. The largest absolute Gasteiger partial charge is 0.504 e. The van der Waals surface area contributed by atoms with Gasteiger partial charge in [-0.1, -0.05) is 12.1 Å². The van der Waals surface area contributed by atoms with Gasteiger partial charge in [0.2, 0.25) is 0 Å². The van der Waals surface area contributed by atoms with Crippen molar-refractivity contribution in [2.75, 3.05) is 6.61 Å². The van der Waals surface area contributed by atoms with Gasteiger partial charge in [-0.25, -0.2) is 4.39 Å². The zero-order valence-corrected chi connectivity index (χ0v) is 17.2. The molecule has 0 aliphatic carbocycles. The highest BCUT2D eigenvalue weighted by molar-refractivity contribution is 14.1. The van der Waals surface area contributed by atoms with Gasteiger partial charge in [0.15, 0.2) is 11.5 Å². The van der Waals surface area contributed by atoms with Crippen LogP contribution in [0, 0.1) is 9.39 Å². The van der Waals surface area contributed by atoms with E-state index in [0.717, 1.165) is 16.7 Å². The topological polar surface area (TPSA) is 66.8 Å². The summed E-state index contributed by atoms with van der Waals surface area (Å²) in [6.07, 6.45) is 1.60. The average Bonchev–Trinajstić information content (AvgIpc) is 2.88. The second-order valence-corrected chi connectivity index (χ2v) is 7.83. The van der Waals surface area contributed by atoms with Crippen molar-refractivity contribution >= 4 is 51.6 Å². The summed E-state index contributed by atoms with van der Waals surface area (Å²) in [5.41, 5.74) is 1.31. The molecule has 2 aromatic carbocycles. The maximum Gasteiger partial charge on any atom is 0.293 e. The zero-order valence-electron chi connectivity index (χ0n) is 14.2. The molecule has 3 rings (SSSR count). The van der Waals surface area contributed by atoms with Crippen molar-refractivity contribution in [3.63, 3.8) is 0 Å². The van der Waals surface area contributed by atoms with Gasteiger partial charge in [-0.2, -0.15) is 0 Å². The number of ether oxygens (including phenoxy) is 1. The van der Waals surface area contributed by atoms with E-state index in [1.54, 1.807) is 37.3 Å². The molecule has 0 bridgehead atoms. The summed E-state index contributed by atoms with van der Waals surface area (Å²) in [7, 11) is 0. The number of benzene rings is 2. The third-order valence-electron chi connectivity index (χ3n) is 3.78. The summed E-state index contributed by atoms with van der Waals surface area (Å²) in [6, 6.07) is 8.98. The molecule has 0 atom stereocenters. The third kappa shape index (κ3) is 4.44. The monoisotopic (exact) mass is 499 g/mol. The Hall–Kier alpha value is -2.07. The zero-order chi connectivity index (χ0) is 19.6. The molecule has 0 spiro atoms. The van der Waals surface area contributed by atoms with Crippen molar-refractivity contribution < 1.29 is 23.8 Å². The molecule has 1 aliphatic rings. The minimum atomic E-state index is -0.407. The van der Waals surface area contributed by atoms with Crippen molar-refractivity contribution in [1.29, 1.82) is 0 Å². The van der Waals surface area contributed by atoms with Crippen LogP contribution in [0.1, 0.15) is 18.1 Å². The highest BCUT2D eigenvalue weighted by Gasteiger charge is 2.35. The van der Waals surface area contributed by atoms with E-state index in [0.29, 0.717) is 27.1 Å². The Morgan fingerprint density at radius 1 is 1.26 bits per heavy atom. The van der Waals surface area contributed by atoms with Gasteiger partial charge in [-0.15, -0.1) is 0 Å². The van der Waals surface area contributed by atoms with Crippen LogP contribution in [0.15, 0.2) is 41.3 Å². The molecule has 2 amide bonds. The quantitative estimate of drug-likeness (QED) is 0.475. The Labute approximate surface area is 173 Å². The van der Waals surface area contributed by atoms with Gasteiger partial charge in [-0.3, -0.25) is 14.5 Å². The molecule has 2 aromatic rings. The SMILES string of the molecule is CCOc1cc(C=C2SC(=O)N(Cc3ccc(F)cc3)C2=O)cc(I)c1O. The smallest absolute Gasteiger partial charge is 0.293 e. The second-order valence-electron chi connectivity index (χ2n) is 5.68. The lowest BCUT2D eigenvalue weighted by Crippen LogP contribution is -2.27. The fraction of sp³-hybridized carbons (Fsp3) is 0.158. The minimum Gasteiger partial charge on any atom is -0.504 e. The normalized spacial score (nSPS) is 15.7. The van der Waals surface area contributed by atoms with Crippen LogP contribution >= 0.6 is 34.4 Å². The molecular weight excluding hydrogens is 484 g/mol. The van der Waals surface area contributed by atoms with E-state index in [2.05, 4.69) is 0 Å². The van der Waals surface area contributed by atoms with E-state index in [9.17, 15) is 19.1 Å². The predicted molar refractivity (Wildman–Crippen MR) is 110 cm³/mol. The first kappa shape index (κ1) is 19.7. The minimum absolute atomic E-state index is 0.0408. The van der Waals surface area contributed by atoms with E-state index in [-0.39, 0.29) is 28.3 Å². The van der Waals surface area contributed by atoms with Gasteiger partial charge in [0.25, 0.3) is 11.1 Å². The number of amides is 2. The molecular formula is C19H15FINO4S. The van der Waals surface area contributed by atoms with Gasteiger partial charge in [-0.05, 0) is 82.7 Å². The Balaban J connectivity index is 1.85. The fourth-order valence-corrected chi connectivity index (χ4v) is 3.97. The number of thioether (sulfide) groups is 1. The maximum atomic E-state index is 13.0. The molecule has 1 fully saturated rings. The van der Waals surface area contributed by atoms with Crippen molar-refractivity contribution in [2.45, 2.75) is 13.5 Å². The number of aromatic hydroxyl groups is 1. The molecule has 140 valence electrons. The number of carbonyl (C=O) groups excluding carboxylic acids is 2. The average molecular weight is 499 g/mol. The number of carbonyl (C=O) groups is 2. The predicted octanol–water partition coefficient (Wildman–Crippen LogP) is 4.77. The Kier molecular flexibility index (Phi) is 6.05. The number of nitrogens with zero attached hydrogens (tertiary/aromatic N) is 1. The summed E-state index contributed by atoms with van der Waals surface area (Å²) in [4.78, 5) is 26.3. The summed E-state index contributed by atoms with van der Waals surface area (Å²) in [6.45, 7) is 2.28. The number of hydrogen-bond donors (Lipinski definition) is 1. The van der Waals surface area contributed by atoms with Gasteiger partial charge in [0.05, 0.1) is 21.6 Å². The van der Waals surface area contributed by atoms with Crippen molar-refractivity contribution in [1.82, 2.24) is 4.90 Å². The molecule has 0 saturated carbocycles.